The summed E-state index contributed by atoms with van der Waals surface area (Å²) >= 11 is 1.57. The van der Waals surface area contributed by atoms with Crippen LogP contribution in [0, 0.1) is 17.6 Å². The third kappa shape index (κ3) is 9.21. The minimum atomic E-state index is -0.754. The summed E-state index contributed by atoms with van der Waals surface area (Å²) in [5.74, 6) is -1.60. The minimum Gasteiger partial charge on any atom is -0.451 e. The van der Waals surface area contributed by atoms with Gasteiger partial charge in [0.15, 0.2) is 17.3 Å². The number of hydrogen-bond donors (Lipinski definition) is 2. The Labute approximate surface area is 277 Å². The van der Waals surface area contributed by atoms with Crippen molar-refractivity contribution >= 4 is 23.6 Å². The molecule has 3 aliphatic rings. The fourth-order valence-electron chi connectivity index (χ4n) is 4.96. The van der Waals surface area contributed by atoms with Crippen molar-refractivity contribution in [3.05, 3.63) is 106 Å². The molecule has 2 atom stereocenters. The van der Waals surface area contributed by atoms with E-state index in [0.717, 1.165) is 24.0 Å². The highest BCUT2D eigenvalue weighted by Gasteiger charge is 2.37. The largest absolute Gasteiger partial charge is 0.451 e. The number of carbonyl (C=O) groups excluding carboxylic acids is 2. The number of thioether (sulfide) groups is 1. The van der Waals surface area contributed by atoms with Crippen LogP contribution in [-0.4, -0.2) is 66.4 Å². The molecule has 2 unspecified atom stereocenters. The van der Waals surface area contributed by atoms with E-state index in [9.17, 15) is 23.2 Å². The van der Waals surface area contributed by atoms with Gasteiger partial charge in [0.05, 0.1) is 13.2 Å². The molecule has 0 bridgehead atoms. The third-order valence-corrected chi connectivity index (χ3v) is 8.73. The summed E-state index contributed by atoms with van der Waals surface area (Å²) in [5, 5.41) is 7.00. The Morgan fingerprint density at radius 2 is 1.89 bits per heavy atom. The lowest BCUT2D eigenvalue weighted by atomic mass is 10.0. The molecule has 1 fully saturated rings. The van der Waals surface area contributed by atoms with Crippen molar-refractivity contribution in [1.82, 2.24) is 9.58 Å². The van der Waals surface area contributed by atoms with Crippen LogP contribution in [0.2, 0.25) is 0 Å². The first-order valence-electron chi connectivity index (χ1n) is 15.1. The number of amides is 1. The molecule has 1 aromatic heterocycles. The molecule has 47 heavy (non-hydrogen) atoms. The molecular formula is C34H41F2N3O7S. The van der Waals surface area contributed by atoms with Crippen molar-refractivity contribution < 1.29 is 37.7 Å². The second-order valence-corrected chi connectivity index (χ2v) is 11.5. The van der Waals surface area contributed by atoms with Crippen LogP contribution in [0.3, 0.4) is 0 Å². The van der Waals surface area contributed by atoms with Gasteiger partial charge in [0.1, 0.15) is 6.17 Å². The topological polar surface area (TPSA) is 119 Å². The number of hydrogen-bond acceptors (Lipinski definition) is 9. The zero-order chi connectivity index (χ0) is 34.5. The summed E-state index contributed by atoms with van der Waals surface area (Å²) in [4.78, 5) is 39.5. The van der Waals surface area contributed by atoms with Crippen molar-refractivity contribution in [1.29, 1.82) is 0 Å². The molecule has 0 aliphatic carbocycles. The number of benzene rings is 2. The van der Waals surface area contributed by atoms with Gasteiger partial charge in [-0.25, -0.2) is 8.78 Å². The van der Waals surface area contributed by atoms with E-state index in [1.54, 1.807) is 22.7 Å². The van der Waals surface area contributed by atoms with Gasteiger partial charge in [0.2, 0.25) is 18.0 Å². The van der Waals surface area contributed by atoms with Gasteiger partial charge in [-0.15, -0.1) is 24.9 Å². The van der Waals surface area contributed by atoms with Gasteiger partial charge in [-0.3, -0.25) is 19.1 Å². The Balaban J connectivity index is 0.000000246. The van der Waals surface area contributed by atoms with E-state index in [1.807, 2.05) is 38.1 Å². The number of carbonyl (C=O) groups is 2. The smallest absolute Gasteiger partial charge is 0.308 e. The van der Waals surface area contributed by atoms with E-state index in [4.69, 9.17) is 19.3 Å². The number of aliphatic hydroxyl groups excluding tert-OH is 1. The predicted molar refractivity (Wildman–Crippen MR) is 176 cm³/mol. The number of aromatic nitrogens is 1. The van der Waals surface area contributed by atoms with E-state index >= 15 is 0 Å². The molecule has 254 valence electrons. The molecule has 3 aromatic rings. The number of aliphatic hydroxyl groups is 1. The van der Waals surface area contributed by atoms with Crippen molar-refractivity contribution in [3.8, 4) is 5.75 Å². The summed E-state index contributed by atoms with van der Waals surface area (Å²) in [7, 11) is 1.00. The molecule has 10 nitrogen and oxygen atoms in total. The summed E-state index contributed by atoms with van der Waals surface area (Å²) in [6, 6.07) is 12.2. The molecule has 6 rings (SSSR count). The lowest BCUT2D eigenvalue weighted by molar-refractivity contribution is -0.151. The van der Waals surface area contributed by atoms with Crippen LogP contribution in [-0.2, 0) is 26.4 Å². The molecule has 13 heteroatoms. The van der Waals surface area contributed by atoms with Gasteiger partial charge in [-0.2, -0.15) is 0 Å². The maximum absolute atomic E-state index is 13.7. The number of ether oxygens (including phenoxy) is 3. The Morgan fingerprint density at radius 3 is 2.64 bits per heavy atom. The van der Waals surface area contributed by atoms with Gasteiger partial charge in [-0.1, -0.05) is 44.5 Å². The predicted octanol–water partition coefficient (Wildman–Crippen LogP) is 5.09. The van der Waals surface area contributed by atoms with Crippen LogP contribution in [0.25, 0.3) is 0 Å². The van der Waals surface area contributed by atoms with E-state index in [2.05, 4.69) is 18.6 Å². The number of nitrogens with zero attached hydrogens (tertiary/aromatic N) is 2. The number of rotatable bonds is 6. The minimum absolute atomic E-state index is 0.0913. The lowest BCUT2D eigenvalue weighted by Gasteiger charge is -2.41. The zero-order valence-corrected chi connectivity index (χ0v) is 27.6. The van der Waals surface area contributed by atoms with Crippen LogP contribution in [0.1, 0.15) is 53.9 Å². The summed E-state index contributed by atoms with van der Waals surface area (Å²) in [5.41, 5.74) is 5.32. The Kier molecular flexibility index (Phi) is 14.4. The van der Waals surface area contributed by atoms with Gasteiger partial charge in [-0.05, 0) is 35.6 Å². The first-order valence-corrected chi connectivity index (χ1v) is 16.1. The van der Waals surface area contributed by atoms with Gasteiger partial charge in [0.25, 0.3) is 5.91 Å². The number of esters is 1. The number of fused-ring (bicyclic) bond motifs is 4. The third-order valence-electron chi connectivity index (χ3n) is 7.59. The summed E-state index contributed by atoms with van der Waals surface area (Å²) in [6.07, 6.45) is 3.00. The number of pyridine rings is 1. The van der Waals surface area contributed by atoms with E-state index in [-0.39, 0.29) is 35.9 Å². The van der Waals surface area contributed by atoms with Crippen LogP contribution in [0.15, 0.2) is 71.5 Å². The second kappa shape index (κ2) is 18.2. The van der Waals surface area contributed by atoms with Crippen molar-refractivity contribution in [3.63, 3.8) is 0 Å². The van der Waals surface area contributed by atoms with E-state index in [0.29, 0.717) is 37.5 Å². The molecule has 0 saturated carbocycles. The van der Waals surface area contributed by atoms with Gasteiger partial charge in [0, 0.05) is 48.6 Å². The fourth-order valence-corrected chi connectivity index (χ4v) is 6.07. The molecule has 1 amide bonds. The summed E-state index contributed by atoms with van der Waals surface area (Å²) < 4.78 is 44.1. The number of morpholine rings is 1. The second-order valence-electron chi connectivity index (χ2n) is 10.5. The standard InChI is InChI=1S/C17H23N3O6.C14H10F2S.C2H4.CH4O/c1-3-11(2)8-14(22)25-10-26-16-12(21)4-5-20-15(16)17(23)19-6-7-24-9-13(19)18-20;15-12-6-5-9-7-10-3-1-2-4-13(10)17-8-11(9)14(12)16;2*1-2/h4-5,11,13,18H,3,6-10H2,1-2H3;1-6H,7-8H2;1-2H2;2H,1H3. The molecule has 4 heterocycles. The monoisotopic (exact) mass is 673 g/mol. The van der Waals surface area contributed by atoms with Gasteiger partial charge < -0.3 is 29.6 Å². The molecule has 1 saturated heterocycles. The maximum atomic E-state index is 13.7. The van der Waals surface area contributed by atoms with E-state index < -0.39 is 29.8 Å². The average molecular weight is 674 g/mol. The Morgan fingerprint density at radius 1 is 1.15 bits per heavy atom. The van der Waals surface area contributed by atoms with Crippen LogP contribution < -0.4 is 15.6 Å². The fraction of sp³-hybridized carbons (Fsp3) is 0.382. The van der Waals surface area contributed by atoms with E-state index in [1.165, 1.54) is 28.6 Å². The van der Waals surface area contributed by atoms with Gasteiger partial charge >= 0.3 is 5.97 Å². The zero-order valence-electron chi connectivity index (χ0n) is 26.8. The molecular weight excluding hydrogens is 632 g/mol. The molecule has 2 aromatic carbocycles. The average Bonchev–Trinajstić information content (AvgIpc) is 3.29. The van der Waals surface area contributed by atoms with Crippen LogP contribution >= 0.6 is 11.8 Å². The van der Waals surface area contributed by atoms with Crippen molar-refractivity contribution in [2.75, 3.05) is 39.1 Å². The molecule has 3 aliphatic heterocycles. The lowest BCUT2D eigenvalue weighted by Crippen LogP contribution is -2.59. The molecule has 2 N–H and O–H groups in total. The highest BCUT2D eigenvalue weighted by atomic mass is 32.2. The normalized spacial score (nSPS) is 16.2. The summed E-state index contributed by atoms with van der Waals surface area (Å²) in [6.45, 7) is 10.7. The maximum Gasteiger partial charge on any atom is 0.308 e. The SMILES string of the molecule is C=C.CCC(C)CC(=O)OCOc1c2n(ccc1=O)NC1COCCN1C2=O.CO.Fc1ccc2c(c1F)CSc1ccccc1C2. The van der Waals surface area contributed by atoms with Crippen LogP contribution in [0.5, 0.6) is 5.75 Å². The first kappa shape index (κ1) is 37.3. The molecule has 0 spiro atoms. The first-order chi connectivity index (χ1) is 22.8. The highest BCUT2D eigenvalue weighted by Crippen LogP contribution is 2.35. The quantitative estimate of drug-likeness (QED) is 0.210. The Bertz CT molecular complexity index is 1590. The van der Waals surface area contributed by atoms with Crippen molar-refractivity contribution in [2.45, 2.75) is 49.9 Å². The highest BCUT2D eigenvalue weighted by molar-refractivity contribution is 7.98. The number of nitrogens with one attached hydrogen (secondary N) is 1. The number of halogens is 2. The Hall–Kier alpha value is -4.20. The van der Waals surface area contributed by atoms with Crippen molar-refractivity contribution in [2.24, 2.45) is 5.92 Å². The molecule has 0 radical (unpaired) electrons. The van der Waals surface area contributed by atoms with Crippen LogP contribution in [0.4, 0.5) is 8.78 Å².